The van der Waals surface area contributed by atoms with Crippen LogP contribution in [0.4, 0.5) is 13.2 Å². The van der Waals surface area contributed by atoms with Crippen molar-refractivity contribution in [2.24, 2.45) is 5.73 Å². The Morgan fingerprint density at radius 3 is 2.17 bits per heavy atom. The molecule has 0 saturated carbocycles. The van der Waals surface area contributed by atoms with Crippen molar-refractivity contribution in [3.63, 3.8) is 0 Å². The summed E-state index contributed by atoms with van der Waals surface area (Å²) in [5.74, 6) is 0.948. The van der Waals surface area contributed by atoms with Gasteiger partial charge in [0, 0.05) is 6.54 Å². The van der Waals surface area contributed by atoms with Crippen LogP contribution < -0.4 is 15.2 Å². The Labute approximate surface area is 173 Å². The zero-order chi connectivity index (χ0) is 20.0. The summed E-state index contributed by atoms with van der Waals surface area (Å²) in [5, 5.41) is 0. The number of hydrogen-bond acceptors (Lipinski definition) is 3. The fourth-order valence-corrected chi connectivity index (χ4v) is 2.70. The highest BCUT2D eigenvalue weighted by Gasteiger charge is 2.30. The first-order valence-electron chi connectivity index (χ1n) is 8.78. The predicted molar refractivity (Wildman–Crippen MR) is 109 cm³/mol. The minimum atomic E-state index is -4.40. The van der Waals surface area contributed by atoms with Crippen molar-refractivity contribution in [2.75, 3.05) is 13.2 Å². The summed E-state index contributed by atoms with van der Waals surface area (Å²) in [7, 11) is 0. The van der Waals surface area contributed by atoms with Crippen LogP contribution in [0, 0.1) is 0 Å². The molecule has 0 aliphatic rings. The fourth-order valence-electron chi connectivity index (χ4n) is 2.70. The number of ether oxygens (including phenoxy) is 2. The van der Waals surface area contributed by atoms with E-state index in [2.05, 4.69) is 0 Å². The predicted octanol–water partition coefficient (Wildman–Crippen LogP) is 5.71. The number of hydrogen-bond donors (Lipinski definition) is 1. The summed E-state index contributed by atoms with van der Waals surface area (Å²) in [5.41, 5.74) is 6.83. The zero-order valence-corrected chi connectivity index (χ0v) is 16.3. The van der Waals surface area contributed by atoms with Crippen LogP contribution in [-0.4, -0.2) is 13.2 Å². The molecule has 0 fully saturated rings. The highest BCUT2D eigenvalue weighted by atomic mass is 35.5. The molecule has 0 aliphatic carbocycles. The van der Waals surface area contributed by atoms with E-state index in [1.165, 1.54) is 6.07 Å². The minimum Gasteiger partial charge on any atom is -0.488 e. The van der Waals surface area contributed by atoms with Crippen LogP contribution in [0.5, 0.6) is 11.5 Å². The van der Waals surface area contributed by atoms with E-state index in [9.17, 15) is 13.2 Å². The molecule has 0 atom stereocenters. The van der Waals surface area contributed by atoms with Gasteiger partial charge in [-0.15, -0.1) is 12.4 Å². The van der Waals surface area contributed by atoms with Crippen LogP contribution in [0.1, 0.15) is 11.1 Å². The van der Waals surface area contributed by atoms with E-state index in [1.807, 2.05) is 30.3 Å². The molecule has 3 rings (SSSR count). The molecule has 154 valence electrons. The van der Waals surface area contributed by atoms with Crippen molar-refractivity contribution >= 4 is 12.4 Å². The molecular weight excluding hydrogens is 403 g/mol. The summed E-state index contributed by atoms with van der Waals surface area (Å²) in [4.78, 5) is 0. The van der Waals surface area contributed by atoms with Crippen molar-refractivity contribution in [1.82, 2.24) is 0 Å². The van der Waals surface area contributed by atoms with Crippen molar-refractivity contribution in [3.05, 3.63) is 83.9 Å². The largest absolute Gasteiger partial charge is 0.488 e. The third-order valence-electron chi connectivity index (χ3n) is 4.08. The second-order valence-corrected chi connectivity index (χ2v) is 6.15. The van der Waals surface area contributed by atoms with E-state index < -0.39 is 11.7 Å². The van der Waals surface area contributed by atoms with Gasteiger partial charge in [-0.05, 0) is 41.0 Å². The lowest BCUT2D eigenvalue weighted by Gasteiger charge is -2.15. The van der Waals surface area contributed by atoms with E-state index in [0.29, 0.717) is 42.4 Å². The zero-order valence-electron chi connectivity index (χ0n) is 15.5. The van der Waals surface area contributed by atoms with E-state index in [1.54, 1.807) is 24.3 Å². The Bertz CT molecular complexity index is 917. The maximum atomic E-state index is 13.0. The monoisotopic (exact) mass is 423 g/mol. The van der Waals surface area contributed by atoms with Crippen LogP contribution in [0.2, 0.25) is 0 Å². The topological polar surface area (TPSA) is 44.5 Å². The third-order valence-corrected chi connectivity index (χ3v) is 4.08. The van der Waals surface area contributed by atoms with Gasteiger partial charge in [-0.25, -0.2) is 0 Å². The Morgan fingerprint density at radius 2 is 1.48 bits per heavy atom. The van der Waals surface area contributed by atoms with Crippen LogP contribution in [-0.2, 0) is 12.8 Å². The second kappa shape index (κ2) is 10.2. The minimum absolute atomic E-state index is 0. The lowest BCUT2D eigenvalue weighted by Crippen LogP contribution is -2.11. The van der Waals surface area contributed by atoms with Gasteiger partial charge in [-0.2, -0.15) is 13.2 Å². The molecule has 7 heteroatoms. The van der Waals surface area contributed by atoms with E-state index in [0.717, 1.165) is 17.7 Å². The van der Waals surface area contributed by atoms with Gasteiger partial charge in [-0.1, -0.05) is 48.5 Å². The van der Waals surface area contributed by atoms with Crippen LogP contribution >= 0.6 is 12.4 Å². The molecule has 0 aliphatic heterocycles. The lowest BCUT2D eigenvalue weighted by atomic mass is 10.0. The Hall–Kier alpha value is -2.70. The van der Waals surface area contributed by atoms with Gasteiger partial charge in [0.15, 0.2) is 11.5 Å². The molecule has 0 spiro atoms. The number of nitrogens with two attached hydrogens (primary N) is 1. The van der Waals surface area contributed by atoms with E-state index in [4.69, 9.17) is 15.2 Å². The average molecular weight is 424 g/mol. The van der Waals surface area contributed by atoms with Gasteiger partial charge in [0.2, 0.25) is 0 Å². The van der Waals surface area contributed by atoms with Gasteiger partial charge in [0.05, 0.1) is 5.56 Å². The lowest BCUT2D eigenvalue weighted by molar-refractivity contribution is -0.137. The quantitative estimate of drug-likeness (QED) is 0.529. The maximum absolute atomic E-state index is 13.0. The number of alkyl halides is 3. The summed E-state index contributed by atoms with van der Waals surface area (Å²) in [6.07, 6.45) is -4.40. The SMILES string of the molecule is Cl.NCCOc1ccc(-c2cccc(C(F)(F)F)c2)cc1OCc1ccccc1. The van der Waals surface area contributed by atoms with Crippen LogP contribution in [0.3, 0.4) is 0 Å². The highest BCUT2D eigenvalue weighted by molar-refractivity contribution is 5.85. The molecule has 2 N–H and O–H groups in total. The highest BCUT2D eigenvalue weighted by Crippen LogP contribution is 2.36. The summed E-state index contributed by atoms with van der Waals surface area (Å²) in [6.45, 7) is 0.962. The third kappa shape index (κ3) is 6.14. The maximum Gasteiger partial charge on any atom is 0.416 e. The van der Waals surface area contributed by atoms with E-state index >= 15 is 0 Å². The molecule has 0 saturated heterocycles. The average Bonchev–Trinajstić information content (AvgIpc) is 2.71. The molecule has 0 unspecified atom stereocenters. The molecule has 0 heterocycles. The molecule has 3 aromatic carbocycles. The first-order chi connectivity index (χ1) is 13.5. The standard InChI is InChI=1S/C22H20F3NO2.ClH/c23-22(24,25)19-8-4-7-17(13-19)18-9-10-20(27-12-11-26)21(14-18)28-15-16-5-2-1-3-6-16;/h1-10,13-14H,11-12,15,26H2;1H. The molecule has 29 heavy (non-hydrogen) atoms. The summed E-state index contributed by atoms with van der Waals surface area (Å²) >= 11 is 0. The van der Waals surface area contributed by atoms with Gasteiger partial charge < -0.3 is 15.2 Å². The summed E-state index contributed by atoms with van der Waals surface area (Å²) < 4.78 is 50.6. The number of rotatable bonds is 7. The number of halogens is 4. The molecule has 0 radical (unpaired) electrons. The molecule has 0 amide bonds. The van der Waals surface area contributed by atoms with E-state index in [-0.39, 0.29) is 12.4 Å². The Kier molecular flexibility index (Phi) is 7.93. The number of benzene rings is 3. The molecule has 0 aromatic heterocycles. The Balaban J connectivity index is 0.00000300. The smallest absolute Gasteiger partial charge is 0.416 e. The van der Waals surface area contributed by atoms with Crippen LogP contribution in [0.15, 0.2) is 72.8 Å². The van der Waals surface area contributed by atoms with Gasteiger partial charge in [0.1, 0.15) is 13.2 Å². The Morgan fingerprint density at radius 1 is 0.759 bits per heavy atom. The van der Waals surface area contributed by atoms with Gasteiger partial charge in [-0.3, -0.25) is 0 Å². The van der Waals surface area contributed by atoms with Crippen molar-refractivity contribution < 1.29 is 22.6 Å². The van der Waals surface area contributed by atoms with Gasteiger partial charge >= 0.3 is 6.18 Å². The molecule has 3 nitrogen and oxygen atoms in total. The molecule has 0 bridgehead atoms. The first-order valence-corrected chi connectivity index (χ1v) is 8.78. The normalized spacial score (nSPS) is 10.9. The van der Waals surface area contributed by atoms with Gasteiger partial charge in [0.25, 0.3) is 0 Å². The van der Waals surface area contributed by atoms with Crippen LogP contribution in [0.25, 0.3) is 11.1 Å². The molecular formula is C22H21ClF3NO2. The van der Waals surface area contributed by atoms with Crippen molar-refractivity contribution in [1.29, 1.82) is 0 Å². The van der Waals surface area contributed by atoms with Crippen molar-refractivity contribution in [2.45, 2.75) is 12.8 Å². The second-order valence-electron chi connectivity index (χ2n) is 6.15. The van der Waals surface area contributed by atoms with Crippen molar-refractivity contribution in [3.8, 4) is 22.6 Å². The fraction of sp³-hybridized carbons (Fsp3) is 0.182. The summed E-state index contributed by atoms with van der Waals surface area (Å²) in [6, 6.07) is 19.8. The first kappa shape index (κ1) is 22.6. The molecule has 3 aromatic rings.